The van der Waals surface area contributed by atoms with Crippen molar-refractivity contribution in [2.45, 2.75) is 52.1 Å². The van der Waals surface area contributed by atoms with Crippen LogP contribution in [0.15, 0.2) is 48.5 Å². The lowest BCUT2D eigenvalue weighted by Crippen LogP contribution is -2.40. The van der Waals surface area contributed by atoms with E-state index in [2.05, 4.69) is 19.2 Å². The summed E-state index contributed by atoms with van der Waals surface area (Å²) in [5.74, 6) is -3.07. The van der Waals surface area contributed by atoms with Crippen LogP contribution in [0.5, 0.6) is 5.75 Å². The van der Waals surface area contributed by atoms with Crippen molar-refractivity contribution < 1.29 is 37.7 Å². The number of ether oxygens (including phenoxy) is 3. The topological polar surface area (TPSA) is 97.3 Å². The van der Waals surface area contributed by atoms with Crippen molar-refractivity contribution in [1.29, 1.82) is 0 Å². The smallest absolute Gasteiger partial charge is 0.333 e. The molecule has 0 aromatic heterocycles. The van der Waals surface area contributed by atoms with Crippen molar-refractivity contribution in [3.63, 3.8) is 0 Å². The van der Waals surface area contributed by atoms with E-state index in [4.69, 9.17) is 14.2 Å². The highest BCUT2D eigenvalue weighted by atomic mass is 19.3. The number of carboxylic acid groups (broad SMARTS) is 1. The fourth-order valence-electron chi connectivity index (χ4n) is 3.52. The van der Waals surface area contributed by atoms with E-state index in [9.17, 15) is 23.5 Å². The number of carbonyl (C=O) groups is 2. The average Bonchev–Trinajstić information content (AvgIpc) is 2.85. The van der Waals surface area contributed by atoms with Gasteiger partial charge in [0.1, 0.15) is 19.0 Å². The van der Waals surface area contributed by atoms with Gasteiger partial charge in [0, 0.05) is 32.2 Å². The molecule has 0 fully saturated rings. The van der Waals surface area contributed by atoms with Gasteiger partial charge in [0.15, 0.2) is 6.10 Å². The maximum Gasteiger partial charge on any atom is 0.333 e. The number of carbonyl (C=O) groups excluding carboxylic acids is 1. The molecule has 1 atom stereocenters. The lowest BCUT2D eigenvalue weighted by atomic mass is 10.0. The Morgan fingerprint density at radius 2 is 1.66 bits per heavy atom. The Hall–Kier alpha value is -3.24. The highest BCUT2D eigenvalue weighted by Crippen LogP contribution is 2.18. The van der Waals surface area contributed by atoms with Crippen molar-refractivity contribution >= 4 is 17.7 Å². The number of hydrogen-bond acceptors (Lipinski definition) is 5. The number of urea groups is 1. The predicted octanol–water partition coefficient (Wildman–Crippen LogP) is 5.43. The molecule has 0 aliphatic heterocycles. The van der Waals surface area contributed by atoms with E-state index in [1.807, 2.05) is 24.3 Å². The minimum atomic E-state index is -2.95. The molecule has 0 spiro atoms. The summed E-state index contributed by atoms with van der Waals surface area (Å²) in [4.78, 5) is 25.6. The molecular formula is C28H38F2N2O6. The Morgan fingerprint density at radius 1 is 1.03 bits per heavy atom. The van der Waals surface area contributed by atoms with Crippen LogP contribution in [-0.4, -0.2) is 73.6 Å². The van der Waals surface area contributed by atoms with Gasteiger partial charge in [-0.2, -0.15) is 0 Å². The van der Waals surface area contributed by atoms with Crippen LogP contribution in [0.3, 0.4) is 0 Å². The minimum Gasteiger partial charge on any atom is -0.492 e. The maximum atomic E-state index is 13.1. The molecule has 10 heteroatoms. The third kappa shape index (κ3) is 11.4. The van der Waals surface area contributed by atoms with E-state index in [1.165, 1.54) is 4.90 Å². The number of nitrogens with one attached hydrogen (secondary N) is 1. The SMILES string of the molecule is CCOC(Cc1ccc(OCCN(CCOCC(C)(F)F)C(=O)Nc2ccc(C(C)C)cc2)cc1)C(=O)O. The van der Waals surface area contributed by atoms with Crippen LogP contribution in [0.25, 0.3) is 0 Å². The van der Waals surface area contributed by atoms with Crippen LogP contribution in [0.4, 0.5) is 19.3 Å². The molecule has 8 nitrogen and oxygen atoms in total. The lowest BCUT2D eigenvalue weighted by Gasteiger charge is -2.24. The average molecular weight is 537 g/mol. The fraction of sp³-hybridized carbons (Fsp3) is 0.500. The number of carboxylic acids is 1. The predicted molar refractivity (Wildman–Crippen MR) is 141 cm³/mol. The fourth-order valence-corrected chi connectivity index (χ4v) is 3.52. The molecule has 0 heterocycles. The van der Waals surface area contributed by atoms with Gasteiger partial charge in [-0.15, -0.1) is 0 Å². The van der Waals surface area contributed by atoms with Gasteiger partial charge in [0.05, 0.1) is 13.2 Å². The van der Waals surface area contributed by atoms with Crippen LogP contribution in [0, 0.1) is 0 Å². The van der Waals surface area contributed by atoms with Crippen LogP contribution in [-0.2, 0) is 20.7 Å². The molecule has 1 unspecified atom stereocenters. The Kier molecular flexibility index (Phi) is 12.4. The van der Waals surface area contributed by atoms with Gasteiger partial charge in [-0.05, 0) is 48.2 Å². The van der Waals surface area contributed by atoms with Gasteiger partial charge in [-0.3, -0.25) is 0 Å². The van der Waals surface area contributed by atoms with Crippen molar-refractivity contribution in [3.05, 3.63) is 59.7 Å². The molecule has 0 radical (unpaired) electrons. The molecule has 0 aliphatic rings. The van der Waals surface area contributed by atoms with Crippen LogP contribution in [0.2, 0.25) is 0 Å². The molecule has 38 heavy (non-hydrogen) atoms. The van der Waals surface area contributed by atoms with Gasteiger partial charge in [0.25, 0.3) is 5.92 Å². The summed E-state index contributed by atoms with van der Waals surface area (Å²) in [7, 11) is 0. The van der Waals surface area contributed by atoms with Gasteiger partial charge in [-0.1, -0.05) is 38.1 Å². The van der Waals surface area contributed by atoms with Crippen molar-refractivity contribution in [2.24, 2.45) is 0 Å². The van der Waals surface area contributed by atoms with Crippen LogP contribution >= 0.6 is 0 Å². The third-order valence-electron chi connectivity index (χ3n) is 5.59. The second-order valence-electron chi connectivity index (χ2n) is 9.30. The van der Waals surface area contributed by atoms with Gasteiger partial charge in [-0.25, -0.2) is 18.4 Å². The van der Waals surface area contributed by atoms with E-state index in [-0.39, 0.29) is 32.7 Å². The van der Waals surface area contributed by atoms with Crippen LogP contribution in [0.1, 0.15) is 44.7 Å². The van der Waals surface area contributed by atoms with Crippen molar-refractivity contribution in [3.8, 4) is 5.75 Å². The number of hydrogen-bond donors (Lipinski definition) is 2. The first-order valence-corrected chi connectivity index (χ1v) is 12.7. The monoisotopic (exact) mass is 536 g/mol. The summed E-state index contributed by atoms with van der Waals surface area (Å²) in [6, 6.07) is 14.1. The zero-order valence-corrected chi connectivity index (χ0v) is 22.4. The summed E-state index contributed by atoms with van der Waals surface area (Å²) < 4.78 is 42.2. The van der Waals surface area contributed by atoms with E-state index >= 15 is 0 Å². The van der Waals surface area contributed by atoms with E-state index in [0.29, 0.717) is 24.0 Å². The molecule has 210 valence electrons. The molecule has 2 aromatic rings. The third-order valence-corrected chi connectivity index (χ3v) is 5.59. The van der Waals surface area contributed by atoms with Crippen molar-refractivity contribution in [2.75, 3.05) is 44.8 Å². The molecule has 2 aromatic carbocycles. The molecule has 0 bridgehead atoms. The summed E-state index contributed by atoms with van der Waals surface area (Å²) in [5, 5.41) is 12.1. The Balaban J connectivity index is 1.95. The van der Waals surface area contributed by atoms with Gasteiger partial charge < -0.3 is 29.5 Å². The van der Waals surface area contributed by atoms with Gasteiger partial charge in [0.2, 0.25) is 0 Å². The Labute approximate surface area is 222 Å². The normalized spacial score (nSPS) is 12.3. The number of halogens is 2. The van der Waals surface area contributed by atoms with E-state index in [0.717, 1.165) is 18.1 Å². The molecule has 0 saturated carbocycles. The molecule has 2 N–H and O–H groups in total. The maximum absolute atomic E-state index is 13.1. The summed E-state index contributed by atoms with van der Waals surface area (Å²) in [6.07, 6.45) is -0.692. The number of amides is 2. The molecule has 0 saturated heterocycles. The second kappa shape index (κ2) is 15.2. The molecule has 2 rings (SSSR count). The number of aliphatic carboxylic acids is 1. The number of nitrogens with zero attached hydrogens (tertiary/aromatic N) is 1. The van der Waals surface area contributed by atoms with E-state index < -0.39 is 30.6 Å². The first-order chi connectivity index (χ1) is 18.0. The van der Waals surface area contributed by atoms with Crippen LogP contribution < -0.4 is 10.1 Å². The number of rotatable bonds is 16. The van der Waals surface area contributed by atoms with E-state index in [1.54, 1.807) is 31.2 Å². The summed E-state index contributed by atoms with van der Waals surface area (Å²) in [6.45, 7) is 6.64. The largest absolute Gasteiger partial charge is 0.492 e. The first-order valence-electron chi connectivity index (χ1n) is 12.7. The Morgan fingerprint density at radius 3 is 2.21 bits per heavy atom. The molecule has 0 aliphatic carbocycles. The standard InChI is InChI=1S/C28H38F2N2O6/c1-5-37-25(26(33)34)18-21-6-12-24(13-7-21)38-17-15-32(14-16-36-19-28(4,29)30)27(35)31-23-10-8-22(9-11-23)20(2)3/h6-13,20,25H,5,14-19H2,1-4H3,(H,31,35)(H,33,34). The highest BCUT2D eigenvalue weighted by molar-refractivity contribution is 5.89. The minimum absolute atomic E-state index is 0.0532. The zero-order valence-electron chi connectivity index (χ0n) is 22.4. The molecule has 2 amide bonds. The molecular weight excluding hydrogens is 498 g/mol. The second-order valence-corrected chi connectivity index (χ2v) is 9.30. The lowest BCUT2D eigenvalue weighted by molar-refractivity contribution is -0.149. The first kappa shape index (κ1) is 31.0. The van der Waals surface area contributed by atoms with Crippen molar-refractivity contribution in [1.82, 2.24) is 4.90 Å². The Bertz CT molecular complexity index is 994. The summed E-state index contributed by atoms with van der Waals surface area (Å²) in [5.41, 5.74) is 2.55. The number of alkyl halides is 2. The quantitative estimate of drug-likeness (QED) is 0.278. The summed E-state index contributed by atoms with van der Waals surface area (Å²) >= 11 is 0. The number of anilines is 1. The zero-order chi connectivity index (χ0) is 28.1. The highest BCUT2D eigenvalue weighted by Gasteiger charge is 2.22. The number of benzene rings is 2. The van der Waals surface area contributed by atoms with Gasteiger partial charge >= 0.3 is 12.0 Å².